The van der Waals surface area contributed by atoms with Gasteiger partial charge in [0.05, 0.1) is 17.1 Å². The smallest absolute Gasteiger partial charge is 0.155 e. The zero-order valence-electron chi connectivity index (χ0n) is 35.4. The molecule has 7 aliphatic rings. The first-order valence-electron chi connectivity index (χ1n) is 22.3. The molecule has 0 bridgehead atoms. The van der Waals surface area contributed by atoms with Crippen LogP contribution < -0.4 is 9.64 Å². The minimum atomic E-state index is -0.0163. The zero-order chi connectivity index (χ0) is 39.1. The van der Waals surface area contributed by atoms with Crippen LogP contribution in [0.4, 0.5) is 17.1 Å². The largest absolute Gasteiger partial charge is 0.454 e. The number of para-hydroxylation sites is 2. The second-order valence-corrected chi connectivity index (χ2v) is 22.1. The molecule has 0 aromatic heterocycles. The average Bonchev–Trinajstić information content (AvgIpc) is 3.16. The van der Waals surface area contributed by atoms with Gasteiger partial charge in [0.15, 0.2) is 5.75 Å². The minimum Gasteiger partial charge on any atom is -0.454 e. The molecule has 4 atom stereocenters. The molecule has 290 valence electrons. The van der Waals surface area contributed by atoms with Gasteiger partial charge in [-0.05, 0) is 142 Å². The Labute approximate surface area is 341 Å². The Kier molecular flexibility index (Phi) is 6.60. The van der Waals surface area contributed by atoms with Gasteiger partial charge in [0.2, 0.25) is 0 Å². The lowest BCUT2D eigenvalue weighted by atomic mass is 9.11. The first-order chi connectivity index (χ1) is 27.2. The Morgan fingerprint density at radius 2 is 0.930 bits per heavy atom. The lowest BCUT2D eigenvalue weighted by Crippen LogP contribution is -2.89. The maximum atomic E-state index is 7.73. The Morgan fingerprint density at radius 3 is 1.47 bits per heavy atom. The molecule has 2 heteroatoms. The molecule has 5 aromatic rings. The van der Waals surface area contributed by atoms with Crippen LogP contribution >= 0.6 is 0 Å². The predicted octanol–water partition coefficient (Wildman–Crippen LogP) is 14.6. The second kappa shape index (κ2) is 10.8. The summed E-state index contributed by atoms with van der Waals surface area (Å²) in [5.41, 5.74) is 16.0. The molecule has 0 amide bonds. The van der Waals surface area contributed by atoms with E-state index in [1.165, 1.54) is 93.7 Å². The number of hydrogen-bond acceptors (Lipinski definition) is 2. The summed E-state index contributed by atoms with van der Waals surface area (Å²) < 4.78 is 7.73. The highest BCUT2D eigenvalue weighted by Crippen LogP contribution is 2.95. The normalized spacial score (nSPS) is 31.5. The summed E-state index contributed by atoms with van der Waals surface area (Å²) in [6, 6.07) is 39.9. The second-order valence-electron chi connectivity index (χ2n) is 22.1. The van der Waals surface area contributed by atoms with Crippen LogP contribution in [0.15, 0.2) is 103 Å². The van der Waals surface area contributed by atoms with Gasteiger partial charge in [0.1, 0.15) is 5.75 Å². The van der Waals surface area contributed by atoms with E-state index >= 15 is 0 Å². The van der Waals surface area contributed by atoms with Gasteiger partial charge in [-0.15, -0.1) is 0 Å². The molecule has 5 aromatic carbocycles. The fourth-order valence-electron chi connectivity index (χ4n) is 15.0. The van der Waals surface area contributed by atoms with E-state index < -0.39 is 0 Å². The molecule has 0 N–H and O–H groups in total. The monoisotopic (exact) mass is 749 g/mol. The lowest BCUT2D eigenvalue weighted by molar-refractivity contribution is -0.413. The highest BCUT2D eigenvalue weighted by molar-refractivity contribution is 5.89. The van der Waals surface area contributed by atoms with Crippen molar-refractivity contribution in [3.8, 4) is 22.6 Å². The van der Waals surface area contributed by atoms with Gasteiger partial charge >= 0.3 is 0 Å². The van der Waals surface area contributed by atoms with E-state index in [1.807, 2.05) is 0 Å². The van der Waals surface area contributed by atoms with E-state index in [0.29, 0.717) is 17.3 Å². The molecule has 1 heterocycles. The van der Waals surface area contributed by atoms with Gasteiger partial charge in [-0.2, -0.15) is 0 Å². The number of benzene rings is 5. The molecule has 2 spiro atoms. The van der Waals surface area contributed by atoms with E-state index in [1.54, 1.807) is 0 Å². The highest BCUT2D eigenvalue weighted by Gasteiger charge is 2.90. The number of nitrogens with zero attached hydrogens (tertiary/aromatic N) is 1. The average molecular weight is 750 g/mol. The van der Waals surface area contributed by atoms with E-state index in [-0.39, 0.29) is 27.1 Å². The molecule has 2 nitrogen and oxygen atoms in total. The number of rotatable bonds is 4. The van der Waals surface area contributed by atoms with Crippen molar-refractivity contribution in [2.45, 2.75) is 127 Å². The molecule has 4 fully saturated rings. The SMILES string of the molecule is CC1(C)CCC(C)(C)c2c(N(c3cccc4c3Oc3c(-c5ccccc5)cccc3C43C4CC5CC6CC3C564)c3cccc4c3C(C)(C)CCC4(C)C)cccc21. The fraction of sp³-hybridized carbons (Fsp3) is 0.455. The summed E-state index contributed by atoms with van der Waals surface area (Å²) in [7, 11) is 0. The lowest BCUT2D eigenvalue weighted by Gasteiger charge is -2.92. The van der Waals surface area contributed by atoms with Crippen molar-refractivity contribution < 1.29 is 4.74 Å². The molecular weight excluding hydrogens is 691 g/mol. The molecule has 57 heavy (non-hydrogen) atoms. The third-order valence-corrected chi connectivity index (χ3v) is 17.9. The first-order valence-corrected chi connectivity index (χ1v) is 22.3. The summed E-state index contributed by atoms with van der Waals surface area (Å²) in [5, 5.41) is 0. The van der Waals surface area contributed by atoms with Gasteiger partial charge < -0.3 is 9.64 Å². The van der Waals surface area contributed by atoms with E-state index in [9.17, 15) is 0 Å². The standard InChI is InChI=1S/C55H59NO/c1-50(2)26-28-52(5,6)46-37(50)19-13-23-41(46)56(42-24-14-20-38-47(42)53(7,8)29-27-51(38,3)4)43-25-15-22-40-49(43)57-48-36(33-16-10-9-11-17-33)18-12-21-39(48)55(40)44-31-34-30-35-32-45(55)54(34,35)44/h9-25,34-35,44-45H,26-32H2,1-8H3. The number of ether oxygens (including phenoxy) is 1. The van der Waals surface area contributed by atoms with Crippen molar-refractivity contribution in [3.63, 3.8) is 0 Å². The summed E-state index contributed by atoms with van der Waals surface area (Å²) >= 11 is 0. The van der Waals surface area contributed by atoms with Crippen LogP contribution in [0.2, 0.25) is 0 Å². The summed E-state index contributed by atoms with van der Waals surface area (Å²) in [5.74, 6) is 5.44. The molecule has 12 rings (SSSR count). The number of hydrogen-bond donors (Lipinski definition) is 0. The molecule has 4 unspecified atom stereocenters. The Hall–Kier alpha value is -4.30. The number of fused-ring (bicyclic) bond motifs is 8. The maximum Gasteiger partial charge on any atom is 0.155 e. The van der Waals surface area contributed by atoms with Crippen LogP contribution in [0.25, 0.3) is 11.1 Å². The van der Waals surface area contributed by atoms with Crippen molar-refractivity contribution in [3.05, 3.63) is 137 Å². The molecule has 0 radical (unpaired) electrons. The highest BCUT2D eigenvalue weighted by atomic mass is 16.5. The van der Waals surface area contributed by atoms with Gasteiger partial charge in [-0.25, -0.2) is 0 Å². The van der Waals surface area contributed by atoms with Crippen molar-refractivity contribution >= 4 is 17.1 Å². The van der Waals surface area contributed by atoms with Crippen molar-refractivity contribution in [1.82, 2.24) is 0 Å². The predicted molar refractivity (Wildman–Crippen MR) is 235 cm³/mol. The van der Waals surface area contributed by atoms with Crippen LogP contribution in [-0.4, -0.2) is 0 Å². The van der Waals surface area contributed by atoms with E-state index in [4.69, 9.17) is 4.74 Å². The third kappa shape index (κ3) is 4.04. The minimum absolute atomic E-state index is 0.0137. The van der Waals surface area contributed by atoms with Crippen LogP contribution in [0.5, 0.6) is 11.5 Å². The fourth-order valence-corrected chi connectivity index (χ4v) is 15.0. The molecule has 0 saturated heterocycles. The van der Waals surface area contributed by atoms with Gasteiger partial charge in [-0.1, -0.05) is 140 Å². The van der Waals surface area contributed by atoms with Crippen LogP contribution in [0, 0.1) is 29.1 Å². The van der Waals surface area contributed by atoms with Gasteiger partial charge in [-0.3, -0.25) is 0 Å². The van der Waals surface area contributed by atoms with Crippen molar-refractivity contribution in [2.75, 3.05) is 4.90 Å². The van der Waals surface area contributed by atoms with Crippen molar-refractivity contribution in [2.24, 2.45) is 29.1 Å². The van der Waals surface area contributed by atoms with Crippen LogP contribution in [0.1, 0.15) is 134 Å². The topological polar surface area (TPSA) is 12.5 Å². The van der Waals surface area contributed by atoms with Gasteiger partial charge in [0.25, 0.3) is 0 Å². The Bertz CT molecular complexity index is 2430. The van der Waals surface area contributed by atoms with E-state index in [2.05, 4.69) is 163 Å². The zero-order valence-corrected chi connectivity index (χ0v) is 35.4. The van der Waals surface area contributed by atoms with Crippen LogP contribution in [-0.2, 0) is 27.1 Å². The first kappa shape index (κ1) is 34.7. The van der Waals surface area contributed by atoms with Crippen LogP contribution in [0.3, 0.4) is 0 Å². The van der Waals surface area contributed by atoms with Crippen molar-refractivity contribution in [1.29, 1.82) is 0 Å². The molecular formula is C55H59NO. The quantitative estimate of drug-likeness (QED) is 0.181. The van der Waals surface area contributed by atoms with E-state index in [0.717, 1.165) is 36.2 Å². The molecule has 6 aliphatic carbocycles. The molecule has 4 saturated carbocycles. The summed E-state index contributed by atoms with van der Waals surface area (Å²) in [6.45, 7) is 19.9. The third-order valence-electron chi connectivity index (χ3n) is 17.9. The Morgan fingerprint density at radius 1 is 0.456 bits per heavy atom. The summed E-state index contributed by atoms with van der Waals surface area (Å²) in [6.07, 6.45) is 8.90. The Balaban J connectivity index is 1.17. The maximum absolute atomic E-state index is 7.73. The number of anilines is 3. The molecule has 1 aliphatic heterocycles. The van der Waals surface area contributed by atoms with Gasteiger partial charge in [0, 0.05) is 22.1 Å². The summed E-state index contributed by atoms with van der Waals surface area (Å²) in [4.78, 5) is 2.72.